The Morgan fingerprint density at radius 2 is 2.05 bits per heavy atom. The molecule has 0 unspecified atom stereocenters. The van der Waals surface area contributed by atoms with Crippen molar-refractivity contribution >= 4 is 50.3 Å². The van der Waals surface area contributed by atoms with Gasteiger partial charge in [-0.15, -0.1) is 3.89 Å². The lowest BCUT2D eigenvalue weighted by Crippen LogP contribution is -1.99. The summed E-state index contributed by atoms with van der Waals surface area (Å²) in [6, 6.07) is 6.94. The summed E-state index contributed by atoms with van der Waals surface area (Å²) in [6.07, 6.45) is 0. The Labute approximate surface area is 121 Å². The zero-order valence-electron chi connectivity index (χ0n) is 10.2. The molecule has 4 nitrogen and oxygen atoms in total. The van der Waals surface area contributed by atoms with Gasteiger partial charge in [0.1, 0.15) is 11.1 Å². The van der Waals surface area contributed by atoms with E-state index in [4.69, 9.17) is 4.42 Å². The number of benzene rings is 1. The molecule has 0 spiro atoms. The first kappa shape index (κ1) is 14.1. The number of fused-ring (bicyclic) bond motifs is 3. The lowest BCUT2D eigenvalue weighted by Gasteiger charge is -2.00. The van der Waals surface area contributed by atoms with E-state index < -0.39 is 5.63 Å². The summed E-state index contributed by atoms with van der Waals surface area (Å²) in [7, 11) is 0. The molecular weight excluding hydrogens is 335 g/mol. The van der Waals surface area contributed by atoms with Crippen LogP contribution < -0.4 is 5.63 Å². The number of hydrogen-bond donors (Lipinski definition) is 0. The van der Waals surface area contributed by atoms with Gasteiger partial charge in [-0.2, -0.15) is 0 Å². The zero-order chi connectivity index (χ0) is 14.0. The predicted molar refractivity (Wildman–Crippen MR) is 78.9 cm³/mol. The van der Waals surface area contributed by atoms with E-state index in [1.54, 1.807) is 24.3 Å². The summed E-state index contributed by atoms with van der Waals surface area (Å²) < 4.78 is 19.4. The average molecular weight is 345 g/mol. The summed E-state index contributed by atoms with van der Waals surface area (Å²) in [4.78, 5) is 15.6. The van der Waals surface area contributed by atoms with E-state index in [1.165, 1.54) is 3.97 Å². The molecule has 3 rings (SSSR count). The second-order valence-electron chi connectivity index (χ2n) is 3.33. The standard InChI is InChI=1S/C10H4BrFN2O2S.C2H6/c11-10-13-7-8(14(10)17-12)5-3-1-2-4-6(5)16-9(7)15;1-2/h1-4H;1-2H3. The molecule has 0 fully saturated rings. The fourth-order valence-electron chi connectivity index (χ4n) is 1.72. The summed E-state index contributed by atoms with van der Waals surface area (Å²) in [5.74, 6) is 0. The Morgan fingerprint density at radius 1 is 1.37 bits per heavy atom. The van der Waals surface area contributed by atoms with Gasteiger partial charge in [0, 0.05) is 5.39 Å². The molecule has 0 bridgehead atoms. The van der Waals surface area contributed by atoms with Gasteiger partial charge in [-0.05, 0) is 28.1 Å². The van der Waals surface area contributed by atoms with Crippen LogP contribution in [0, 0.1) is 0 Å². The second-order valence-corrected chi connectivity index (χ2v) is 4.54. The van der Waals surface area contributed by atoms with E-state index in [1.807, 2.05) is 13.8 Å². The lowest BCUT2D eigenvalue weighted by atomic mass is 10.2. The van der Waals surface area contributed by atoms with Crippen LogP contribution >= 0.6 is 28.3 Å². The van der Waals surface area contributed by atoms with Crippen LogP contribution in [0.2, 0.25) is 0 Å². The molecule has 100 valence electrons. The van der Waals surface area contributed by atoms with Crippen LogP contribution in [0.4, 0.5) is 3.89 Å². The van der Waals surface area contributed by atoms with E-state index in [9.17, 15) is 8.68 Å². The van der Waals surface area contributed by atoms with E-state index in [0.717, 1.165) is 0 Å². The van der Waals surface area contributed by atoms with Gasteiger partial charge in [0.25, 0.3) is 0 Å². The maximum absolute atomic E-state index is 12.9. The smallest absolute Gasteiger partial charge is 0.364 e. The number of aromatic nitrogens is 2. The fraction of sp³-hybridized carbons (Fsp3) is 0.167. The van der Waals surface area contributed by atoms with Gasteiger partial charge >= 0.3 is 5.63 Å². The molecule has 0 aliphatic carbocycles. The van der Waals surface area contributed by atoms with Crippen molar-refractivity contribution in [2.75, 3.05) is 0 Å². The summed E-state index contributed by atoms with van der Waals surface area (Å²) >= 11 is 3.08. The number of para-hydroxylation sites is 1. The third kappa shape index (κ3) is 2.28. The van der Waals surface area contributed by atoms with Crippen LogP contribution in [-0.2, 0) is 0 Å². The minimum Gasteiger partial charge on any atom is -0.421 e. The maximum Gasteiger partial charge on any atom is 0.364 e. The summed E-state index contributed by atoms with van der Waals surface area (Å²) in [6.45, 7) is 4.00. The first-order valence-corrected chi connectivity index (χ1v) is 7.08. The summed E-state index contributed by atoms with van der Waals surface area (Å²) in [5, 5.41) is 0.644. The van der Waals surface area contributed by atoms with Gasteiger partial charge in [0.2, 0.25) is 0 Å². The summed E-state index contributed by atoms with van der Waals surface area (Å²) in [5.41, 5.74) is 0.358. The molecule has 0 aliphatic rings. The predicted octanol–water partition coefficient (Wildman–Crippen LogP) is 4.31. The van der Waals surface area contributed by atoms with E-state index >= 15 is 0 Å². The Balaban J connectivity index is 0.000000637. The van der Waals surface area contributed by atoms with Crippen molar-refractivity contribution in [2.24, 2.45) is 0 Å². The van der Waals surface area contributed by atoms with Gasteiger partial charge in [0.15, 0.2) is 22.6 Å². The molecule has 7 heteroatoms. The average Bonchev–Trinajstić information content (AvgIpc) is 2.78. The van der Waals surface area contributed by atoms with E-state index in [-0.39, 0.29) is 22.6 Å². The molecule has 0 atom stereocenters. The first-order chi connectivity index (χ1) is 9.22. The van der Waals surface area contributed by atoms with Crippen molar-refractivity contribution in [3.63, 3.8) is 0 Å². The maximum atomic E-state index is 12.9. The zero-order valence-corrected chi connectivity index (χ0v) is 12.6. The molecular formula is C12H10BrFN2O2S. The number of rotatable bonds is 1. The van der Waals surface area contributed by atoms with Crippen LogP contribution in [0.15, 0.2) is 38.2 Å². The van der Waals surface area contributed by atoms with Crippen LogP contribution in [0.1, 0.15) is 13.8 Å². The third-order valence-corrected chi connectivity index (χ3v) is 3.67. The van der Waals surface area contributed by atoms with E-state index in [0.29, 0.717) is 16.5 Å². The SMILES string of the molecule is CC.O=c1oc2ccccc2c2c1nc(Br)n2SF. The Kier molecular flexibility index (Phi) is 4.26. The van der Waals surface area contributed by atoms with Gasteiger partial charge in [-0.3, -0.25) is 0 Å². The molecule has 3 aromatic rings. The fourth-order valence-corrected chi connectivity index (χ4v) is 2.59. The van der Waals surface area contributed by atoms with Gasteiger partial charge < -0.3 is 4.42 Å². The number of hydrogen-bond acceptors (Lipinski definition) is 4. The number of halogens is 2. The largest absolute Gasteiger partial charge is 0.421 e. The molecule has 0 saturated carbocycles. The molecule has 0 saturated heterocycles. The number of imidazole rings is 1. The molecule has 1 aromatic carbocycles. The van der Waals surface area contributed by atoms with Crippen molar-refractivity contribution in [3.8, 4) is 0 Å². The topological polar surface area (TPSA) is 48.0 Å². The molecule has 0 amide bonds. The highest BCUT2D eigenvalue weighted by molar-refractivity contribution is 9.10. The minimum absolute atomic E-state index is 0.0181. The van der Waals surface area contributed by atoms with Gasteiger partial charge in [0.05, 0.1) is 0 Å². The molecule has 0 aliphatic heterocycles. The van der Waals surface area contributed by atoms with Crippen molar-refractivity contribution in [3.05, 3.63) is 39.4 Å². The van der Waals surface area contributed by atoms with Crippen LogP contribution in [0.3, 0.4) is 0 Å². The van der Waals surface area contributed by atoms with Crippen LogP contribution in [0.25, 0.3) is 22.0 Å². The normalized spacial score (nSPS) is 10.5. The molecule has 0 radical (unpaired) electrons. The molecule has 0 N–H and O–H groups in total. The number of nitrogens with zero attached hydrogens (tertiary/aromatic N) is 2. The second kappa shape index (κ2) is 5.75. The van der Waals surface area contributed by atoms with Crippen molar-refractivity contribution < 1.29 is 8.30 Å². The molecule has 19 heavy (non-hydrogen) atoms. The Hall–Kier alpha value is -1.34. The molecule has 2 heterocycles. The lowest BCUT2D eigenvalue weighted by molar-refractivity contribution is 0.568. The van der Waals surface area contributed by atoms with E-state index in [2.05, 4.69) is 20.9 Å². The van der Waals surface area contributed by atoms with Crippen molar-refractivity contribution in [1.29, 1.82) is 0 Å². The highest BCUT2D eigenvalue weighted by Crippen LogP contribution is 2.29. The Morgan fingerprint density at radius 3 is 2.74 bits per heavy atom. The monoisotopic (exact) mass is 344 g/mol. The van der Waals surface area contributed by atoms with Gasteiger partial charge in [-0.1, -0.05) is 26.0 Å². The first-order valence-electron chi connectivity index (χ1n) is 5.61. The quantitative estimate of drug-likeness (QED) is 0.617. The molecule has 2 aromatic heterocycles. The van der Waals surface area contributed by atoms with Gasteiger partial charge in [-0.25, -0.2) is 13.8 Å². The highest BCUT2D eigenvalue weighted by Gasteiger charge is 2.17. The third-order valence-electron chi connectivity index (χ3n) is 2.41. The minimum atomic E-state index is -0.577. The van der Waals surface area contributed by atoms with Crippen LogP contribution in [0.5, 0.6) is 0 Å². The van der Waals surface area contributed by atoms with Crippen LogP contribution in [-0.4, -0.2) is 8.96 Å². The van der Waals surface area contributed by atoms with Crippen molar-refractivity contribution in [2.45, 2.75) is 13.8 Å². The highest BCUT2D eigenvalue weighted by atomic mass is 79.9. The van der Waals surface area contributed by atoms with Crippen molar-refractivity contribution in [1.82, 2.24) is 8.96 Å². The Bertz CT molecular complexity index is 784.